The van der Waals surface area contributed by atoms with Crippen LogP contribution in [0.3, 0.4) is 0 Å². The van der Waals surface area contributed by atoms with E-state index < -0.39 is 5.97 Å². The van der Waals surface area contributed by atoms with E-state index in [9.17, 15) is 4.79 Å². The van der Waals surface area contributed by atoms with Gasteiger partial charge in [-0.05, 0) is 12.1 Å². The molecular formula is C11H11ClN2O3S. The van der Waals surface area contributed by atoms with Crippen LogP contribution in [0.25, 0.3) is 0 Å². The van der Waals surface area contributed by atoms with Gasteiger partial charge in [-0.25, -0.2) is 9.78 Å². The van der Waals surface area contributed by atoms with Crippen molar-refractivity contribution >= 4 is 34.0 Å². The monoisotopic (exact) mass is 286 g/mol. The summed E-state index contributed by atoms with van der Waals surface area (Å²) in [4.78, 5) is 15.7. The van der Waals surface area contributed by atoms with Gasteiger partial charge < -0.3 is 14.5 Å². The molecule has 0 aromatic carbocycles. The van der Waals surface area contributed by atoms with Crippen LogP contribution in [0.2, 0.25) is 5.15 Å². The van der Waals surface area contributed by atoms with Crippen LogP contribution in [0.1, 0.15) is 15.4 Å². The zero-order chi connectivity index (χ0) is 13.0. The zero-order valence-corrected chi connectivity index (χ0v) is 11.2. The third-order valence-corrected chi connectivity index (χ3v) is 3.56. The van der Waals surface area contributed by atoms with Crippen LogP contribution in [-0.4, -0.2) is 24.6 Å². The predicted octanol–water partition coefficient (Wildman–Crippen LogP) is 2.83. The van der Waals surface area contributed by atoms with E-state index in [4.69, 9.17) is 16.0 Å². The summed E-state index contributed by atoms with van der Waals surface area (Å²) >= 11 is 7.01. The van der Waals surface area contributed by atoms with Crippen molar-refractivity contribution in [2.75, 3.05) is 19.0 Å². The molecule has 0 aliphatic heterocycles. The Hall–Kier alpha value is -1.53. The second-order valence-corrected chi connectivity index (χ2v) is 4.74. The lowest BCUT2D eigenvalue weighted by Gasteiger charge is -1.99. The number of methoxy groups -OCH3 is 1. The van der Waals surface area contributed by atoms with E-state index in [1.54, 1.807) is 6.26 Å². The fraction of sp³-hybridized carbons (Fsp3) is 0.273. The molecule has 0 saturated carbocycles. The van der Waals surface area contributed by atoms with Crippen LogP contribution >= 0.6 is 22.9 Å². The Morgan fingerprint density at radius 2 is 2.50 bits per heavy atom. The number of carbonyl (C=O) groups is 1. The number of esters is 1. The number of thiazole rings is 1. The van der Waals surface area contributed by atoms with E-state index in [1.165, 1.54) is 18.4 Å². The summed E-state index contributed by atoms with van der Waals surface area (Å²) in [5, 5.41) is 3.83. The van der Waals surface area contributed by atoms with Gasteiger partial charge in [-0.2, -0.15) is 0 Å². The highest BCUT2D eigenvalue weighted by molar-refractivity contribution is 7.18. The summed E-state index contributed by atoms with van der Waals surface area (Å²) in [5.74, 6) is 0.412. The second-order valence-electron chi connectivity index (χ2n) is 3.39. The summed E-state index contributed by atoms with van der Waals surface area (Å²) in [5.41, 5.74) is 0. The molecule has 2 aromatic rings. The Kier molecular flexibility index (Phi) is 4.22. The molecular weight excluding hydrogens is 276 g/mol. The summed E-state index contributed by atoms with van der Waals surface area (Å²) in [7, 11) is 1.31. The highest BCUT2D eigenvalue weighted by Gasteiger charge is 2.16. The number of aromatic nitrogens is 1. The molecule has 0 fully saturated rings. The lowest BCUT2D eigenvalue weighted by atomic mass is 10.3. The molecule has 2 aromatic heterocycles. The number of nitrogens with one attached hydrogen (secondary N) is 1. The molecule has 7 heteroatoms. The van der Waals surface area contributed by atoms with E-state index >= 15 is 0 Å². The minimum atomic E-state index is -0.475. The van der Waals surface area contributed by atoms with E-state index in [-0.39, 0.29) is 5.15 Å². The molecule has 2 heterocycles. The first-order chi connectivity index (χ1) is 8.70. The number of anilines is 1. The van der Waals surface area contributed by atoms with Crippen LogP contribution in [0.4, 0.5) is 5.13 Å². The smallest absolute Gasteiger partial charge is 0.351 e. The van der Waals surface area contributed by atoms with Crippen molar-refractivity contribution < 1.29 is 13.9 Å². The summed E-state index contributed by atoms with van der Waals surface area (Å²) in [6.07, 6.45) is 2.36. The molecule has 0 aliphatic rings. The molecule has 0 bridgehead atoms. The van der Waals surface area contributed by atoms with Gasteiger partial charge in [0.15, 0.2) is 15.2 Å². The average molecular weight is 287 g/mol. The van der Waals surface area contributed by atoms with Crippen molar-refractivity contribution in [3.8, 4) is 0 Å². The normalized spacial score (nSPS) is 10.3. The number of rotatable bonds is 5. The Morgan fingerprint density at radius 3 is 3.17 bits per heavy atom. The minimum absolute atomic E-state index is 0.160. The van der Waals surface area contributed by atoms with Gasteiger partial charge in [0.2, 0.25) is 0 Å². The van der Waals surface area contributed by atoms with E-state index in [0.29, 0.717) is 16.6 Å². The highest BCUT2D eigenvalue weighted by Crippen LogP contribution is 2.27. The number of hydrogen-bond acceptors (Lipinski definition) is 6. The van der Waals surface area contributed by atoms with Gasteiger partial charge >= 0.3 is 5.97 Å². The Bertz CT molecular complexity index is 524. The first-order valence-electron chi connectivity index (χ1n) is 5.21. The number of nitrogens with zero attached hydrogens (tertiary/aromatic N) is 1. The molecule has 0 aliphatic carbocycles. The fourth-order valence-corrected chi connectivity index (χ4v) is 2.47. The molecule has 0 saturated heterocycles. The SMILES string of the molecule is COC(=O)c1sc(NCCc2ccco2)nc1Cl. The van der Waals surface area contributed by atoms with Crippen molar-refractivity contribution in [1.82, 2.24) is 4.98 Å². The second kappa shape index (κ2) is 5.88. The van der Waals surface area contributed by atoms with Crippen molar-refractivity contribution in [2.24, 2.45) is 0 Å². The number of carbonyl (C=O) groups excluding carboxylic acids is 1. The van der Waals surface area contributed by atoms with Gasteiger partial charge in [0.1, 0.15) is 5.76 Å². The van der Waals surface area contributed by atoms with Gasteiger partial charge in [0.05, 0.1) is 13.4 Å². The first kappa shape index (κ1) is 12.9. The predicted molar refractivity (Wildman–Crippen MR) is 69.4 cm³/mol. The number of furan rings is 1. The number of ether oxygens (including phenoxy) is 1. The molecule has 2 rings (SSSR count). The van der Waals surface area contributed by atoms with Crippen LogP contribution in [0.5, 0.6) is 0 Å². The lowest BCUT2D eigenvalue weighted by Crippen LogP contribution is -2.03. The molecule has 0 atom stereocenters. The van der Waals surface area contributed by atoms with Crippen molar-refractivity contribution in [3.63, 3.8) is 0 Å². The number of hydrogen-bond donors (Lipinski definition) is 1. The quantitative estimate of drug-likeness (QED) is 0.856. The molecule has 1 N–H and O–H groups in total. The molecule has 0 radical (unpaired) electrons. The number of halogens is 1. The van der Waals surface area contributed by atoms with Crippen LogP contribution < -0.4 is 5.32 Å². The molecule has 0 amide bonds. The van der Waals surface area contributed by atoms with Crippen molar-refractivity contribution in [1.29, 1.82) is 0 Å². The Balaban J connectivity index is 1.92. The van der Waals surface area contributed by atoms with E-state index in [1.807, 2.05) is 12.1 Å². The largest absolute Gasteiger partial charge is 0.469 e. The standard InChI is InChI=1S/C11H11ClN2O3S/c1-16-10(15)8-9(12)14-11(18-8)13-5-4-7-3-2-6-17-7/h2-3,6H,4-5H2,1H3,(H,13,14). The fourth-order valence-electron chi connectivity index (χ4n) is 1.34. The minimum Gasteiger partial charge on any atom is -0.469 e. The van der Waals surface area contributed by atoms with Gasteiger partial charge in [0.25, 0.3) is 0 Å². The van der Waals surface area contributed by atoms with Crippen LogP contribution in [0.15, 0.2) is 22.8 Å². The molecule has 5 nitrogen and oxygen atoms in total. The third kappa shape index (κ3) is 3.02. The van der Waals surface area contributed by atoms with Crippen molar-refractivity contribution in [3.05, 3.63) is 34.2 Å². The highest BCUT2D eigenvalue weighted by atomic mass is 35.5. The topological polar surface area (TPSA) is 64.4 Å². The summed E-state index contributed by atoms with van der Waals surface area (Å²) < 4.78 is 9.80. The Morgan fingerprint density at radius 1 is 1.67 bits per heavy atom. The van der Waals surface area contributed by atoms with Gasteiger partial charge in [-0.15, -0.1) is 0 Å². The maximum Gasteiger partial charge on any atom is 0.351 e. The maximum atomic E-state index is 11.3. The average Bonchev–Trinajstić information content (AvgIpc) is 2.98. The van der Waals surface area contributed by atoms with Gasteiger partial charge in [-0.3, -0.25) is 0 Å². The zero-order valence-electron chi connectivity index (χ0n) is 9.60. The molecule has 0 spiro atoms. The van der Waals surface area contributed by atoms with Gasteiger partial charge in [0, 0.05) is 13.0 Å². The first-order valence-corrected chi connectivity index (χ1v) is 6.41. The molecule has 18 heavy (non-hydrogen) atoms. The maximum absolute atomic E-state index is 11.3. The summed E-state index contributed by atoms with van der Waals surface area (Å²) in [6.45, 7) is 0.651. The molecule has 96 valence electrons. The van der Waals surface area contributed by atoms with E-state index in [2.05, 4.69) is 15.0 Å². The van der Waals surface area contributed by atoms with E-state index in [0.717, 1.165) is 12.2 Å². The lowest BCUT2D eigenvalue weighted by molar-refractivity contribution is 0.0606. The van der Waals surface area contributed by atoms with Crippen molar-refractivity contribution in [2.45, 2.75) is 6.42 Å². The van der Waals surface area contributed by atoms with Crippen LogP contribution in [-0.2, 0) is 11.2 Å². The third-order valence-electron chi connectivity index (χ3n) is 2.18. The van der Waals surface area contributed by atoms with Gasteiger partial charge in [-0.1, -0.05) is 22.9 Å². The summed E-state index contributed by atoms with van der Waals surface area (Å²) in [6, 6.07) is 3.74. The van der Waals surface area contributed by atoms with Crippen LogP contribution in [0, 0.1) is 0 Å². The Labute approximate surface area is 113 Å². The molecule has 0 unspecified atom stereocenters.